The molecular weight excluding hydrogens is 336 g/mol. The van der Waals surface area contributed by atoms with E-state index in [4.69, 9.17) is 0 Å². The molecule has 4 fully saturated rings. The van der Waals surface area contributed by atoms with Gasteiger partial charge in [0.15, 0.2) is 0 Å². The van der Waals surface area contributed by atoms with Gasteiger partial charge in [-0.05, 0) is 80.3 Å². The summed E-state index contributed by atoms with van der Waals surface area (Å²) in [5, 5.41) is 5.91. The van der Waals surface area contributed by atoms with Gasteiger partial charge < -0.3 is 10.6 Å². The zero-order valence-corrected chi connectivity index (χ0v) is 16.1. The van der Waals surface area contributed by atoms with Crippen molar-refractivity contribution in [3.05, 3.63) is 42.0 Å². The van der Waals surface area contributed by atoms with Crippen molar-refractivity contribution in [1.29, 1.82) is 0 Å². The van der Waals surface area contributed by atoms with Gasteiger partial charge in [0.2, 0.25) is 11.8 Å². The fraction of sp³-hybridized carbons (Fsp3) is 0.565. The fourth-order valence-corrected chi connectivity index (χ4v) is 6.00. The van der Waals surface area contributed by atoms with Gasteiger partial charge >= 0.3 is 0 Å². The molecule has 2 amide bonds. The molecule has 2 N–H and O–H groups in total. The Morgan fingerprint density at radius 3 is 2.26 bits per heavy atom. The van der Waals surface area contributed by atoms with Gasteiger partial charge in [0.1, 0.15) is 6.04 Å². The minimum absolute atomic E-state index is 0.0767. The van der Waals surface area contributed by atoms with Crippen molar-refractivity contribution in [3.63, 3.8) is 0 Å². The van der Waals surface area contributed by atoms with E-state index in [-0.39, 0.29) is 11.8 Å². The third-order valence-corrected chi connectivity index (χ3v) is 6.78. The van der Waals surface area contributed by atoms with Gasteiger partial charge in [-0.1, -0.05) is 30.3 Å². The molecule has 0 spiro atoms. The molecule has 1 aromatic carbocycles. The Hall–Kier alpha value is -2.10. The van der Waals surface area contributed by atoms with Crippen LogP contribution in [0.15, 0.2) is 36.4 Å². The van der Waals surface area contributed by atoms with Crippen molar-refractivity contribution >= 4 is 17.9 Å². The highest BCUT2D eigenvalue weighted by molar-refractivity contribution is 5.95. The summed E-state index contributed by atoms with van der Waals surface area (Å²) >= 11 is 0. The number of carbonyl (C=O) groups excluding carboxylic acids is 2. The second kappa shape index (κ2) is 7.49. The first-order valence-electron chi connectivity index (χ1n) is 10.3. The normalized spacial score (nSPS) is 32.4. The van der Waals surface area contributed by atoms with Crippen LogP contribution in [0.1, 0.15) is 51.0 Å². The number of benzene rings is 1. The zero-order chi connectivity index (χ0) is 18.9. The van der Waals surface area contributed by atoms with Gasteiger partial charge in [-0.3, -0.25) is 9.59 Å². The molecule has 1 aromatic rings. The first-order valence-corrected chi connectivity index (χ1v) is 10.3. The highest BCUT2D eigenvalue weighted by Crippen LogP contribution is 2.59. The third-order valence-electron chi connectivity index (χ3n) is 6.78. The van der Waals surface area contributed by atoms with Crippen molar-refractivity contribution in [2.75, 3.05) is 6.54 Å². The van der Waals surface area contributed by atoms with Crippen LogP contribution in [0.4, 0.5) is 0 Å². The molecule has 1 unspecified atom stereocenters. The molecule has 27 heavy (non-hydrogen) atoms. The summed E-state index contributed by atoms with van der Waals surface area (Å²) < 4.78 is 0. The van der Waals surface area contributed by atoms with E-state index in [0.717, 1.165) is 29.9 Å². The molecule has 4 saturated carbocycles. The van der Waals surface area contributed by atoms with Crippen LogP contribution in [0.2, 0.25) is 0 Å². The number of carbonyl (C=O) groups is 2. The van der Waals surface area contributed by atoms with Crippen LogP contribution < -0.4 is 10.6 Å². The molecule has 0 saturated heterocycles. The quantitative estimate of drug-likeness (QED) is 0.757. The van der Waals surface area contributed by atoms with Crippen LogP contribution in [0.25, 0.3) is 6.08 Å². The lowest BCUT2D eigenvalue weighted by molar-refractivity contribution is -0.128. The van der Waals surface area contributed by atoms with Crippen molar-refractivity contribution in [3.8, 4) is 0 Å². The molecule has 144 valence electrons. The first-order chi connectivity index (χ1) is 13.0. The lowest BCUT2D eigenvalue weighted by Crippen LogP contribution is -2.53. The molecule has 0 aromatic heterocycles. The predicted octanol–water partition coefficient (Wildman–Crippen LogP) is 3.54. The topological polar surface area (TPSA) is 58.2 Å². The van der Waals surface area contributed by atoms with Crippen LogP contribution in [-0.2, 0) is 9.59 Å². The Balaban J connectivity index is 1.26. The lowest BCUT2D eigenvalue weighted by atomic mass is 9.49. The largest absolute Gasteiger partial charge is 0.354 e. The summed E-state index contributed by atoms with van der Waals surface area (Å²) in [5.74, 6) is 2.33. The standard InChI is InChI=1S/C23H30N2O2/c1-16(25-21(26)8-7-17-5-3-2-4-6-17)22(27)24-15-23-12-18-9-19(13-23)11-20(10-18)14-23/h2-8,16,18-20H,9-15H2,1H3,(H,24,27)(H,25,26)/b8-7+. The smallest absolute Gasteiger partial charge is 0.244 e. The maximum atomic E-state index is 12.5. The Bertz CT molecular complexity index is 690. The Morgan fingerprint density at radius 2 is 1.67 bits per heavy atom. The van der Waals surface area contributed by atoms with Crippen molar-refractivity contribution in [2.24, 2.45) is 23.2 Å². The molecule has 4 nitrogen and oxygen atoms in total. The second-order valence-corrected chi connectivity index (χ2v) is 9.11. The number of hydrogen-bond acceptors (Lipinski definition) is 2. The highest BCUT2D eigenvalue weighted by Gasteiger charge is 2.50. The predicted molar refractivity (Wildman–Crippen MR) is 107 cm³/mol. The minimum Gasteiger partial charge on any atom is -0.354 e. The summed E-state index contributed by atoms with van der Waals surface area (Å²) in [4.78, 5) is 24.6. The van der Waals surface area contributed by atoms with Crippen molar-refractivity contribution in [2.45, 2.75) is 51.5 Å². The van der Waals surface area contributed by atoms with Gasteiger partial charge in [0, 0.05) is 12.6 Å². The number of amides is 2. The highest BCUT2D eigenvalue weighted by atomic mass is 16.2. The van der Waals surface area contributed by atoms with Crippen molar-refractivity contribution < 1.29 is 9.59 Å². The van der Waals surface area contributed by atoms with Crippen LogP contribution in [-0.4, -0.2) is 24.4 Å². The number of nitrogens with one attached hydrogen (secondary N) is 2. The van der Waals surface area contributed by atoms with Crippen LogP contribution in [0.3, 0.4) is 0 Å². The molecule has 0 heterocycles. The molecular formula is C23H30N2O2. The van der Waals surface area contributed by atoms with Crippen molar-refractivity contribution in [1.82, 2.24) is 10.6 Å². The Morgan fingerprint density at radius 1 is 1.07 bits per heavy atom. The molecule has 0 aliphatic heterocycles. The minimum atomic E-state index is -0.521. The van der Waals surface area contributed by atoms with Gasteiger partial charge in [-0.15, -0.1) is 0 Å². The zero-order valence-electron chi connectivity index (χ0n) is 16.1. The van der Waals surface area contributed by atoms with Gasteiger partial charge in [0.25, 0.3) is 0 Å². The average molecular weight is 367 g/mol. The van der Waals surface area contributed by atoms with Gasteiger partial charge in [-0.25, -0.2) is 0 Å². The molecule has 0 radical (unpaired) electrons. The maximum absolute atomic E-state index is 12.5. The Labute approximate surface area is 161 Å². The Kier molecular flexibility index (Phi) is 5.07. The van der Waals surface area contributed by atoms with Crippen LogP contribution >= 0.6 is 0 Å². The summed E-state index contributed by atoms with van der Waals surface area (Å²) in [6, 6.07) is 9.15. The third kappa shape index (κ3) is 4.26. The monoisotopic (exact) mass is 366 g/mol. The number of rotatable bonds is 6. The molecule has 4 bridgehead atoms. The van der Waals surface area contributed by atoms with Gasteiger partial charge in [-0.2, -0.15) is 0 Å². The molecule has 4 aliphatic carbocycles. The van der Waals surface area contributed by atoms with E-state index in [1.54, 1.807) is 13.0 Å². The second-order valence-electron chi connectivity index (χ2n) is 9.11. The SMILES string of the molecule is CC(NC(=O)/C=C/c1ccccc1)C(=O)NCC12CC3CC(CC(C3)C1)C2. The molecule has 4 heteroatoms. The van der Waals surface area contributed by atoms with E-state index in [2.05, 4.69) is 10.6 Å². The van der Waals surface area contributed by atoms with E-state index >= 15 is 0 Å². The van der Waals surface area contributed by atoms with Crippen LogP contribution in [0, 0.1) is 23.2 Å². The van der Waals surface area contributed by atoms with E-state index < -0.39 is 6.04 Å². The van der Waals surface area contributed by atoms with Gasteiger partial charge in [0.05, 0.1) is 0 Å². The molecule has 5 rings (SSSR count). The molecule has 1 atom stereocenters. The number of hydrogen-bond donors (Lipinski definition) is 2. The van der Waals surface area contributed by atoms with E-state index in [9.17, 15) is 9.59 Å². The summed E-state index contributed by atoms with van der Waals surface area (Å²) in [6.45, 7) is 2.53. The fourth-order valence-electron chi connectivity index (χ4n) is 6.00. The molecule has 4 aliphatic rings. The van der Waals surface area contributed by atoms with E-state index in [1.165, 1.54) is 44.6 Å². The van der Waals surface area contributed by atoms with E-state index in [0.29, 0.717) is 5.41 Å². The first kappa shape index (κ1) is 18.3. The summed E-state index contributed by atoms with van der Waals surface area (Å²) in [6.07, 6.45) is 11.3. The summed E-state index contributed by atoms with van der Waals surface area (Å²) in [7, 11) is 0. The lowest BCUT2D eigenvalue weighted by Gasteiger charge is -2.57. The van der Waals surface area contributed by atoms with E-state index in [1.807, 2.05) is 30.3 Å². The maximum Gasteiger partial charge on any atom is 0.244 e. The summed E-state index contributed by atoms with van der Waals surface area (Å²) in [5.41, 5.74) is 1.29. The average Bonchev–Trinajstić information content (AvgIpc) is 2.64. The van der Waals surface area contributed by atoms with Crippen LogP contribution in [0.5, 0.6) is 0 Å².